The van der Waals surface area contributed by atoms with Gasteiger partial charge in [-0.2, -0.15) is 0 Å². The second-order valence-corrected chi connectivity index (χ2v) is 5.95. The fourth-order valence-electron chi connectivity index (χ4n) is 2.48. The highest BCUT2D eigenvalue weighted by molar-refractivity contribution is 5.79. The lowest BCUT2D eigenvalue weighted by atomic mass is 10.2. The van der Waals surface area contributed by atoms with Crippen molar-refractivity contribution in [1.82, 2.24) is 20.5 Å². The molecule has 0 atom stereocenters. The molecule has 0 aliphatic rings. The van der Waals surface area contributed by atoms with Gasteiger partial charge in [-0.15, -0.1) is 0 Å². The molecular formula is C17H31N5O. The van der Waals surface area contributed by atoms with Crippen LogP contribution >= 0.6 is 0 Å². The predicted octanol–water partition coefficient (Wildman–Crippen LogP) is 1.87. The molecule has 1 aromatic rings. The van der Waals surface area contributed by atoms with E-state index >= 15 is 0 Å². The molecule has 1 aromatic heterocycles. The Bertz CT molecular complexity index is 480. The minimum atomic E-state index is 0.535. The lowest BCUT2D eigenvalue weighted by Crippen LogP contribution is -2.45. The SMILES string of the molecule is CN=C(NCCN(C(C)C)C(C)C)NCc1cccc(OC)n1. The molecule has 0 radical (unpaired) electrons. The van der Waals surface area contributed by atoms with E-state index in [1.165, 1.54) is 0 Å². The number of aromatic nitrogens is 1. The van der Waals surface area contributed by atoms with E-state index in [0.717, 1.165) is 24.7 Å². The van der Waals surface area contributed by atoms with Gasteiger partial charge < -0.3 is 15.4 Å². The average molecular weight is 321 g/mol. The number of guanidine groups is 1. The van der Waals surface area contributed by atoms with Crippen LogP contribution in [0.15, 0.2) is 23.2 Å². The third kappa shape index (κ3) is 6.86. The van der Waals surface area contributed by atoms with E-state index < -0.39 is 0 Å². The van der Waals surface area contributed by atoms with Crippen molar-refractivity contribution in [2.24, 2.45) is 4.99 Å². The summed E-state index contributed by atoms with van der Waals surface area (Å²) in [7, 11) is 3.40. The first-order chi connectivity index (χ1) is 11.0. The zero-order chi connectivity index (χ0) is 17.2. The van der Waals surface area contributed by atoms with Gasteiger partial charge in [0.25, 0.3) is 0 Å². The minimum absolute atomic E-state index is 0.535. The molecule has 0 bridgehead atoms. The molecule has 0 aliphatic carbocycles. The lowest BCUT2D eigenvalue weighted by Gasteiger charge is -2.30. The number of hydrogen-bond donors (Lipinski definition) is 2. The molecule has 0 amide bonds. The number of rotatable bonds is 8. The number of hydrogen-bond acceptors (Lipinski definition) is 4. The Morgan fingerprint density at radius 1 is 1.22 bits per heavy atom. The Balaban J connectivity index is 2.43. The summed E-state index contributed by atoms with van der Waals surface area (Å²) in [6.07, 6.45) is 0. The molecule has 130 valence electrons. The molecule has 0 saturated heterocycles. The summed E-state index contributed by atoms with van der Waals surface area (Å²) in [6.45, 7) is 11.3. The van der Waals surface area contributed by atoms with E-state index in [1.807, 2.05) is 18.2 Å². The van der Waals surface area contributed by atoms with Gasteiger partial charge in [-0.25, -0.2) is 4.98 Å². The van der Waals surface area contributed by atoms with E-state index in [1.54, 1.807) is 14.2 Å². The van der Waals surface area contributed by atoms with Gasteiger partial charge >= 0.3 is 0 Å². The quantitative estimate of drug-likeness (QED) is 0.565. The fraction of sp³-hybridized carbons (Fsp3) is 0.647. The number of methoxy groups -OCH3 is 1. The van der Waals surface area contributed by atoms with Crippen molar-refractivity contribution < 1.29 is 4.74 Å². The fourth-order valence-corrected chi connectivity index (χ4v) is 2.48. The monoisotopic (exact) mass is 321 g/mol. The normalized spacial score (nSPS) is 12.1. The van der Waals surface area contributed by atoms with Crippen LogP contribution in [0.4, 0.5) is 0 Å². The number of nitrogens with zero attached hydrogens (tertiary/aromatic N) is 3. The highest BCUT2D eigenvalue weighted by Crippen LogP contribution is 2.06. The Morgan fingerprint density at radius 3 is 2.48 bits per heavy atom. The first-order valence-electron chi connectivity index (χ1n) is 8.18. The Hall–Kier alpha value is -1.82. The van der Waals surface area contributed by atoms with Gasteiger partial charge in [0.15, 0.2) is 5.96 Å². The van der Waals surface area contributed by atoms with Crippen LogP contribution in [0.3, 0.4) is 0 Å². The molecular weight excluding hydrogens is 290 g/mol. The van der Waals surface area contributed by atoms with Crippen LogP contribution < -0.4 is 15.4 Å². The molecule has 0 aliphatic heterocycles. The van der Waals surface area contributed by atoms with Crippen LogP contribution in [0.25, 0.3) is 0 Å². The van der Waals surface area contributed by atoms with Gasteiger partial charge in [-0.05, 0) is 33.8 Å². The minimum Gasteiger partial charge on any atom is -0.481 e. The van der Waals surface area contributed by atoms with Crippen molar-refractivity contribution >= 4 is 5.96 Å². The summed E-state index contributed by atoms with van der Waals surface area (Å²) in [5, 5.41) is 6.62. The Kier molecular flexibility index (Phi) is 8.40. The Morgan fingerprint density at radius 2 is 1.91 bits per heavy atom. The maximum Gasteiger partial charge on any atom is 0.213 e. The summed E-state index contributed by atoms with van der Waals surface area (Å²) < 4.78 is 5.13. The molecule has 0 spiro atoms. The van der Waals surface area contributed by atoms with Crippen molar-refractivity contribution in [2.45, 2.75) is 46.3 Å². The van der Waals surface area contributed by atoms with Crippen molar-refractivity contribution in [3.05, 3.63) is 23.9 Å². The van der Waals surface area contributed by atoms with E-state index in [-0.39, 0.29) is 0 Å². The van der Waals surface area contributed by atoms with Gasteiger partial charge in [-0.3, -0.25) is 9.89 Å². The van der Waals surface area contributed by atoms with Gasteiger partial charge in [-0.1, -0.05) is 6.07 Å². The van der Waals surface area contributed by atoms with Crippen molar-refractivity contribution in [2.75, 3.05) is 27.2 Å². The molecule has 23 heavy (non-hydrogen) atoms. The molecule has 1 heterocycles. The molecule has 6 nitrogen and oxygen atoms in total. The van der Waals surface area contributed by atoms with Crippen molar-refractivity contribution in [3.63, 3.8) is 0 Å². The van der Waals surface area contributed by atoms with Gasteiger partial charge in [0, 0.05) is 38.3 Å². The Labute approximate surface area is 140 Å². The zero-order valence-corrected chi connectivity index (χ0v) is 15.3. The topological polar surface area (TPSA) is 61.8 Å². The number of nitrogens with one attached hydrogen (secondary N) is 2. The van der Waals surface area contributed by atoms with Crippen molar-refractivity contribution in [1.29, 1.82) is 0 Å². The van der Waals surface area contributed by atoms with Crippen LogP contribution in [-0.4, -0.2) is 55.2 Å². The standard InChI is InChI=1S/C17H31N5O/c1-13(2)22(14(3)4)11-10-19-17(18-5)20-12-15-8-7-9-16(21-15)23-6/h7-9,13-14H,10-12H2,1-6H3,(H2,18,19,20). The molecule has 2 N–H and O–H groups in total. The summed E-state index contributed by atoms with van der Waals surface area (Å²) in [4.78, 5) is 11.1. The second kappa shape index (κ2) is 10.0. The summed E-state index contributed by atoms with van der Waals surface area (Å²) in [6, 6.07) is 6.80. The van der Waals surface area contributed by atoms with Gasteiger partial charge in [0.1, 0.15) is 0 Å². The summed E-state index contributed by atoms with van der Waals surface area (Å²) in [5.74, 6) is 1.40. The summed E-state index contributed by atoms with van der Waals surface area (Å²) >= 11 is 0. The molecule has 0 unspecified atom stereocenters. The van der Waals surface area contributed by atoms with E-state index in [9.17, 15) is 0 Å². The molecule has 0 fully saturated rings. The van der Waals surface area contributed by atoms with Crippen LogP contribution in [0.5, 0.6) is 5.88 Å². The first-order valence-corrected chi connectivity index (χ1v) is 8.18. The van der Waals surface area contributed by atoms with Gasteiger partial charge in [0.05, 0.1) is 19.3 Å². The number of pyridine rings is 1. The lowest BCUT2D eigenvalue weighted by molar-refractivity contribution is 0.178. The third-order valence-corrected chi connectivity index (χ3v) is 3.64. The van der Waals surface area contributed by atoms with E-state index in [0.29, 0.717) is 24.5 Å². The largest absolute Gasteiger partial charge is 0.481 e. The molecule has 6 heteroatoms. The molecule has 0 aromatic carbocycles. The highest BCUT2D eigenvalue weighted by atomic mass is 16.5. The van der Waals surface area contributed by atoms with Gasteiger partial charge in [0.2, 0.25) is 5.88 Å². The first kappa shape index (κ1) is 19.2. The maximum atomic E-state index is 5.13. The van der Waals surface area contributed by atoms with Crippen molar-refractivity contribution in [3.8, 4) is 5.88 Å². The van der Waals surface area contributed by atoms with Crippen LogP contribution in [0.1, 0.15) is 33.4 Å². The maximum absolute atomic E-state index is 5.13. The van der Waals surface area contributed by atoms with Crippen LogP contribution in [0.2, 0.25) is 0 Å². The number of ether oxygens (including phenoxy) is 1. The predicted molar refractivity (Wildman–Crippen MR) is 96.0 cm³/mol. The highest BCUT2D eigenvalue weighted by Gasteiger charge is 2.12. The molecule has 1 rings (SSSR count). The van der Waals surface area contributed by atoms with E-state index in [4.69, 9.17) is 4.74 Å². The van der Waals surface area contributed by atoms with E-state index in [2.05, 4.69) is 53.2 Å². The number of aliphatic imine (C=N–C) groups is 1. The third-order valence-electron chi connectivity index (χ3n) is 3.64. The second-order valence-electron chi connectivity index (χ2n) is 5.95. The summed E-state index contributed by atoms with van der Waals surface area (Å²) in [5.41, 5.74) is 0.915. The zero-order valence-electron chi connectivity index (χ0n) is 15.3. The average Bonchev–Trinajstić information content (AvgIpc) is 2.53. The van der Waals surface area contributed by atoms with Crippen LogP contribution in [-0.2, 0) is 6.54 Å². The van der Waals surface area contributed by atoms with Crippen LogP contribution in [0, 0.1) is 0 Å². The molecule has 0 saturated carbocycles. The smallest absolute Gasteiger partial charge is 0.213 e.